The zero-order valence-electron chi connectivity index (χ0n) is 18.4. The Morgan fingerprint density at radius 2 is 1.62 bits per heavy atom. The largest absolute Gasteiger partial charge is 0.507 e. The van der Waals surface area contributed by atoms with Gasteiger partial charge in [-0.2, -0.15) is 0 Å². The predicted octanol–water partition coefficient (Wildman–Crippen LogP) is 3.56. The number of phenolic OH excluding ortho intramolecular Hbond substituents is 1. The molecule has 7 heteroatoms. The van der Waals surface area contributed by atoms with Gasteiger partial charge in [0.2, 0.25) is 0 Å². The quantitative estimate of drug-likeness (QED) is 0.460. The molecule has 1 aromatic carbocycles. The molecule has 1 aliphatic rings. The third kappa shape index (κ3) is 4.61. The summed E-state index contributed by atoms with van der Waals surface area (Å²) in [5, 5.41) is 11.1. The number of thiocarbonyl (C=S) groups is 1. The van der Waals surface area contributed by atoms with Crippen molar-refractivity contribution in [3.63, 3.8) is 0 Å². The summed E-state index contributed by atoms with van der Waals surface area (Å²) < 4.78 is 4.66. The van der Waals surface area contributed by atoms with E-state index in [4.69, 9.17) is 12.2 Å². The summed E-state index contributed by atoms with van der Waals surface area (Å²) in [6, 6.07) is 3.79. The molecule has 1 amide bonds. The molecule has 0 saturated carbocycles. The second kappa shape index (κ2) is 7.78. The summed E-state index contributed by atoms with van der Waals surface area (Å²) in [4.78, 5) is 27.3. The Morgan fingerprint density at radius 1 is 1.14 bits per heavy atom. The number of carbonyl (C=O) groups excluding carboxylic acids is 2. The van der Waals surface area contributed by atoms with E-state index in [0.29, 0.717) is 5.70 Å². The number of ether oxygens (including phenoxy) is 1. The van der Waals surface area contributed by atoms with Gasteiger partial charge in [-0.25, -0.2) is 0 Å². The number of likely N-dealkylation sites (N-methyl/N-ethyl adjacent to an activating group) is 1. The standard InChI is InChI=1S/C22H30N2O4S/c1-21(2,3)14-9-13(10-15(18(14)26)22(4,5)6)11-16-19(27)24(12-17(25)28-8)20(29)23(16)7/h9-11,26H,12H2,1-8H3/b16-11-. The number of nitrogens with zero attached hydrogens (tertiary/aromatic N) is 2. The number of aromatic hydroxyl groups is 1. The fraction of sp³-hybridized carbons (Fsp3) is 0.500. The van der Waals surface area contributed by atoms with Gasteiger partial charge in [-0.05, 0) is 46.8 Å². The van der Waals surface area contributed by atoms with Crippen molar-refractivity contribution in [1.82, 2.24) is 9.80 Å². The van der Waals surface area contributed by atoms with E-state index in [1.165, 1.54) is 12.0 Å². The smallest absolute Gasteiger partial charge is 0.325 e. The number of methoxy groups -OCH3 is 1. The van der Waals surface area contributed by atoms with Crippen LogP contribution >= 0.6 is 12.2 Å². The van der Waals surface area contributed by atoms with Crippen LogP contribution in [0.1, 0.15) is 58.2 Å². The van der Waals surface area contributed by atoms with Crippen LogP contribution in [0.4, 0.5) is 0 Å². The minimum absolute atomic E-state index is 0.230. The second-order valence-corrected chi connectivity index (χ2v) is 9.67. The maximum absolute atomic E-state index is 12.9. The number of carbonyl (C=O) groups is 2. The van der Waals surface area contributed by atoms with E-state index < -0.39 is 5.97 Å². The van der Waals surface area contributed by atoms with Crippen molar-refractivity contribution in [2.45, 2.75) is 52.4 Å². The number of hydrogen-bond acceptors (Lipinski definition) is 5. The van der Waals surface area contributed by atoms with Crippen LogP contribution in [-0.2, 0) is 25.2 Å². The molecule has 0 bridgehead atoms. The lowest BCUT2D eigenvalue weighted by atomic mass is 9.78. The first-order valence-electron chi connectivity index (χ1n) is 9.44. The van der Waals surface area contributed by atoms with E-state index in [1.54, 1.807) is 18.0 Å². The molecule has 2 rings (SSSR count). The highest BCUT2D eigenvalue weighted by molar-refractivity contribution is 7.80. The fourth-order valence-corrected chi connectivity index (χ4v) is 3.43. The zero-order chi connectivity index (χ0) is 22.3. The number of benzene rings is 1. The Bertz CT molecular complexity index is 856. The Labute approximate surface area is 178 Å². The Kier molecular flexibility index (Phi) is 6.14. The molecule has 0 spiro atoms. The van der Waals surface area contributed by atoms with Crippen molar-refractivity contribution < 1.29 is 19.4 Å². The van der Waals surface area contributed by atoms with Gasteiger partial charge in [0.1, 0.15) is 18.0 Å². The van der Waals surface area contributed by atoms with Crippen LogP contribution in [0.25, 0.3) is 6.08 Å². The molecule has 0 unspecified atom stereocenters. The normalized spacial score (nSPS) is 16.8. The lowest BCUT2D eigenvalue weighted by Crippen LogP contribution is -2.36. The first kappa shape index (κ1) is 22.9. The van der Waals surface area contributed by atoms with Crippen molar-refractivity contribution in [3.05, 3.63) is 34.5 Å². The van der Waals surface area contributed by atoms with Gasteiger partial charge in [-0.1, -0.05) is 41.5 Å². The van der Waals surface area contributed by atoms with Gasteiger partial charge in [0.25, 0.3) is 5.91 Å². The molecular formula is C22H30N2O4S. The molecular weight excluding hydrogens is 388 g/mol. The van der Waals surface area contributed by atoms with Crippen LogP contribution in [0.2, 0.25) is 0 Å². The number of phenols is 1. The summed E-state index contributed by atoms with van der Waals surface area (Å²) >= 11 is 5.33. The molecule has 29 heavy (non-hydrogen) atoms. The third-order valence-electron chi connectivity index (χ3n) is 4.91. The summed E-state index contributed by atoms with van der Waals surface area (Å²) in [5.74, 6) is -0.614. The van der Waals surface area contributed by atoms with E-state index in [9.17, 15) is 14.7 Å². The van der Waals surface area contributed by atoms with E-state index in [2.05, 4.69) is 4.74 Å². The van der Waals surface area contributed by atoms with Gasteiger partial charge in [0.15, 0.2) is 5.11 Å². The highest BCUT2D eigenvalue weighted by atomic mass is 32.1. The molecule has 158 valence electrons. The lowest BCUT2D eigenvalue weighted by Gasteiger charge is -2.28. The van der Waals surface area contributed by atoms with Gasteiger partial charge in [0, 0.05) is 18.2 Å². The number of hydrogen-bond donors (Lipinski definition) is 1. The molecule has 1 aromatic rings. The number of amides is 1. The summed E-state index contributed by atoms with van der Waals surface area (Å²) in [7, 11) is 2.96. The van der Waals surface area contributed by atoms with Crippen LogP contribution in [-0.4, -0.2) is 52.6 Å². The minimum Gasteiger partial charge on any atom is -0.507 e. The van der Waals surface area contributed by atoms with Crippen LogP contribution in [0.5, 0.6) is 5.75 Å². The molecule has 1 saturated heterocycles. The molecule has 0 aliphatic carbocycles. The highest BCUT2D eigenvalue weighted by Crippen LogP contribution is 2.40. The topological polar surface area (TPSA) is 70.1 Å². The molecule has 1 aliphatic heterocycles. The van der Waals surface area contributed by atoms with E-state index in [1.807, 2.05) is 53.7 Å². The van der Waals surface area contributed by atoms with Crippen LogP contribution < -0.4 is 0 Å². The van der Waals surface area contributed by atoms with Gasteiger partial charge in [0.05, 0.1) is 7.11 Å². The van der Waals surface area contributed by atoms with E-state index >= 15 is 0 Å². The molecule has 1 heterocycles. The summed E-state index contributed by atoms with van der Waals surface area (Å²) in [5.41, 5.74) is 2.20. The minimum atomic E-state index is -0.537. The van der Waals surface area contributed by atoms with Gasteiger partial charge >= 0.3 is 5.97 Å². The third-order valence-corrected chi connectivity index (χ3v) is 5.40. The van der Waals surface area contributed by atoms with Crippen LogP contribution in [0, 0.1) is 0 Å². The highest BCUT2D eigenvalue weighted by Gasteiger charge is 2.37. The molecule has 0 atom stereocenters. The molecule has 0 radical (unpaired) electrons. The van der Waals surface area contributed by atoms with Crippen LogP contribution in [0.15, 0.2) is 17.8 Å². The Balaban J connectivity index is 2.60. The van der Waals surface area contributed by atoms with Crippen molar-refractivity contribution in [3.8, 4) is 5.75 Å². The van der Waals surface area contributed by atoms with Crippen LogP contribution in [0.3, 0.4) is 0 Å². The zero-order valence-corrected chi connectivity index (χ0v) is 19.2. The van der Waals surface area contributed by atoms with Gasteiger partial charge in [-0.3, -0.25) is 14.5 Å². The summed E-state index contributed by atoms with van der Waals surface area (Å²) in [6.45, 7) is 12.0. The van der Waals surface area contributed by atoms with Crippen molar-refractivity contribution in [1.29, 1.82) is 0 Å². The fourth-order valence-electron chi connectivity index (χ4n) is 3.19. The van der Waals surface area contributed by atoms with Gasteiger partial charge < -0.3 is 14.7 Å². The maximum atomic E-state index is 12.9. The Morgan fingerprint density at radius 3 is 2.03 bits per heavy atom. The predicted molar refractivity (Wildman–Crippen MR) is 118 cm³/mol. The molecule has 0 aromatic heterocycles. The SMILES string of the molecule is COC(=O)CN1C(=O)/C(=C/c2cc(C(C)(C)C)c(O)c(C(C)(C)C)c2)N(C)C1=S. The number of rotatable bonds is 3. The average Bonchev–Trinajstić information content (AvgIpc) is 2.78. The number of esters is 1. The summed E-state index contributed by atoms with van der Waals surface area (Å²) in [6.07, 6.45) is 1.75. The van der Waals surface area contributed by atoms with E-state index in [-0.39, 0.29) is 34.1 Å². The molecule has 1 fully saturated rings. The van der Waals surface area contributed by atoms with Crippen molar-refractivity contribution >= 4 is 35.3 Å². The first-order valence-corrected chi connectivity index (χ1v) is 9.85. The monoisotopic (exact) mass is 418 g/mol. The van der Waals surface area contributed by atoms with Gasteiger partial charge in [-0.15, -0.1) is 0 Å². The lowest BCUT2D eigenvalue weighted by molar-refractivity contribution is -0.143. The second-order valence-electron chi connectivity index (χ2n) is 9.30. The Hall–Kier alpha value is -2.41. The average molecular weight is 419 g/mol. The maximum Gasteiger partial charge on any atom is 0.325 e. The first-order chi connectivity index (χ1) is 13.2. The van der Waals surface area contributed by atoms with Crippen molar-refractivity contribution in [2.24, 2.45) is 0 Å². The molecule has 6 nitrogen and oxygen atoms in total. The van der Waals surface area contributed by atoms with Crippen molar-refractivity contribution in [2.75, 3.05) is 20.7 Å². The molecule has 1 N–H and O–H groups in total. The van der Waals surface area contributed by atoms with E-state index in [0.717, 1.165) is 16.7 Å².